The van der Waals surface area contributed by atoms with Crippen LogP contribution in [0.25, 0.3) is 0 Å². The molecule has 0 fully saturated rings. The smallest absolute Gasteiger partial charge is 0.305 e. The van der Waals surface area contributed by atoms with Gasteiger partial charge in [0.15, 0.2) is 0 Å². The molecule has 0 aliphatic rings. The van der Waals surface area contributed by atoms with E-state index in [9.17, 15) is 23.6 Å². The molecule has 3 amide bonds. The minimum atomic E-state index is -1.09. The Labute approximate surface area is 150 Å². The Morgan fingerprint density at radius 1 is 1.12 bits per heavy atom. The second-order valence-electron chi connectivity index (χ2n) is 5.66. The van der Waals surface area contributed by atoms with Gasteiger partial charge in [0.1, 0.15) is 17.9 Å². The molecule has 0 aliphatic heterocycles. The fourth-order valence-corrected chi connectivity index (χ4v) is 2.23. The molecule has 0 aliphatic carbocycles. The Hall–Kier alpha value is -2.97. The first-order chi connectivity index (χ1) is 12.2. The van der Waals surface area contributed by atoms with E-state index in [1.165, 1.54) is 38.3 Å². The zero-order chi connectivity index (χ0) is 19.7. The molecule has 9 heteroatoms. The number of nitrogens with one attached hydrogen (secondary N) is 2. The third-order valence-corrected chi connectivity index (χ3v) is 3.57. The first-order valence-corrected chi connectivity index (χ1v) is 7.91. The van der Waals surface area contributed by atoms with Crippen LogP contribution < -0.4 is 16.4 Å². The lowest BCUT2D eigenvalue weighted by Gasteiger charge is -2.21. The standard InChI is InChI=1S/C17H22FN3O5/c1-10(22)20-14(9-11-3-5-12(18)6-4-11)17(25)21-13(16(19)24)7-8-15(23)26-2/h3-6,13-14H,7-9H2,1-2H3,(H2,19,24)(H,20,22)(H,21,25)/t13-,14-/m0/s1. The van der Waals surface area contributed by atoms with Crippen LogP contribution in [-0.4, -0.2) is 42.9 Å². The van der Waals surface area contributed by atoms with Gasteiger partial charge in [0.2, 0.25) is 17.7 Å². The third kappa shape index (κ3) is 7.29. The summed E-state index contributed by atoms with van der Waals surface area (Å²) in [5.41, 5.74) is 5.86. The maximum atomic E-state index is 13.0. The lowest BCUT2D eigenvalue weighted by molar-refractivity contribution is -0.141. The topological polar surface area (TPSA) is 128 Å². The van der Waals surface area contributed by atoms with E-state index in [4.69, 9.17) is 5.73 Å². The van der Waals surface area contributed by atoms with Crippen LogP contribution in [0.15, 0.2) is 24.3 Å². The van der Waals surface area contributed by atoms with Crippen LogP contribution in [0.3, 0.4) is 0 Å². The molecule has 1 aromatic rings. The van der Waals surface area contributed by atoms with Gasteiger partial charge in [0.25, 0.3) is 0 Å². The van der Waals surface area contributed by atoms with E-state index in [0.29, 0.717) is 5.56 Å². The number of hydrogen-bond acceptors (Lipinski definition) is 5. The van der Waals surface area contributed by atoms with E-state index in [0.717, 1.165) is 0 Å². The lowest BCUT2D eigenvalue weighted by atomic mass is 10.0. The van der Waals surface area contributed by atoms with Crippen molar-refractivity contribution in [2.45, 2.75) is 38.3 Å². The normalized spacial score (nSPS) is 12.6. The molecule has 0 spiro atoms. The van der Waals surface area contributed by atoms with Crippen molar-refractivity contribution in [1.82, 2.24) is 10.6 Å². The summed E-state index contributed by atoms with van der Waals surface area (Å²) in [6.07, 6.45) is -0.0432. The summed E-state index contributed by atoms with van der Waals surface area (Å²) in [7, 11) is 1.20. The van der Waals surface area contributed by atoms with Crippen LogP contribution in [0.5, 0.6) is 0 Å². The summed E-state index contributed by atoms with van der Waals surface area (Å²) in [6, 6.07) is 3.37. The van der Waals surface area contributed by atoms with Gasteiger partial charge in [-0.2, -0.15) is 0 Å². The average molecular weight is 367 g/mol. The molecular weight excluding hydrogens is 345 g/mol. The van der Waals surface area contributed by atoms with Gasteiger partial charge < -0.3 is 21.1 Å². The Morgan fingerprint density at radius 2 is 1.73 bits per heavy atom. The van der Waals surface area contributed by atoms with Crippen molar-refractivity contribution in [3.63, 3.8) is 0 Å². The molecule has 1 rings (SSSR count). The van der Waals surface area contributed by atoms with Gasteiger partial charge >= 0.3 is 5.97 Å². The lowest BCUT2D eigenvalue weighted by Crippen LogP contribution is -2.53. The predicted molar refractivity (Wildman–Crippen MR) is 90.1 cm³/mol. The molecule has 0 radical (unpaired) electrons. The number of nitrogens with two attached hydrogens (primary N) is 1. The fraction of sp³-hybridized carbons (Fsp3) is 0.412. The molecule has 4 N–H and O–H groups in total. The summed E-state index contributed by atoms with van der Waals surface area (Å²) in [6.45, 7) is 1.24. The van der Waals surface area contributed by atoms with Gasteiger partial charge in [-0.05, 0) is 24.1 Å². The largest absolute Gasteiger partial charge is 0.469 e. The van der Waals surface area contributed by atoms with Crippen LogP contribution in [-0.2, 0) is 30.3 Å². The van der Waals surface area contributed by atoms with Crippen molar-refractivity contribution >= 4 is 23.7 Å². The number of ether oxygens (including phenoxy) is 1. The highest BCUT2D eigenvalue weighted by Crippen LogP contribution is 2.07. The van der Waals surface area contributed by atoms with Crippen molar-refractivity contribution in [2.24, 2.45) is 5.73 Å². The highest BCUT2D eigenvalue weighted by atomic mass is 19.1. The quantitative estimate of drug-likeness (QED) is 0.521. The van der Waals surface area contributed by atoms with Gasteiger partial charge in [-0.1, -0.05) is 12.1 Å². The number of primary amides is 1. The fourth-order valence-electron chi connectivity index (χ4n) is 2.23. The van der Waals surface area contributed by atoms with E-state index < -0.39 is 41.6 Å². The van der Waals surface area contributed by atoms with E-state index in [2.05, 4.69) is 15.4 Å². The number of esters is 1. The van der Waals surface area contributed by atoms with E-state index in [-0.39, 0.29) is 19.3 Å². The number of methoxy groups -OCH3 is 1. The summed E-state index contributed by atoms with van der Waals surface area (Å²) in [5, 5.41) is 4.90. The summed E-state index contributed by atoms with van der Waals surface area (Å²) >= 11 is 0. The Bertz CT molecular complexity index is 663. The molecule has 0 bridgehead atoms. The molecule has 142 valence electrons. The summed E-state index contributed by atoms with van der Waals surface area (Å²) in [5.74, 6) is -2.87. The van der Waals surface area contributed by atoms with Crippen LogP contribution in [0, 0.1) is 5.82 Å². The molecule has 26 heavy (non-hydrogen) atoms. The molecule has 1 aromatic carbocycles. The average Bonchev–Trinajstić information content (AvgIpc) is 2.58. The number of benzene rings is 1. The first-order valence-electron chi connectivity index (χ1n) is 7.91. The molecule has 0 saturated heterocycles. The maximum absolute atomic E-state index is 13.0. The van der Waals surface area contributed by atoms with Crippen molar-refractivity contribution in [3.05, 3.63) is 35.6 Å². The number of halogens is 1. The van der Waals surface area contributed by atoms with Gasteiger partial charge in [-0.3, -0.25) is 19.2 Å². The van der Waals surface area contributed by atoms with Crippen molar-refractivity contribution in [3.8, 4) is 0 Å². The van der Waals surface area contributed by atoms with Gasteiger partial charge in [0.05, 0.1) is 7.11 Å². The van der Waals surface area contributed by atoms with Crippen LogP contribution in [0.1, 0.15) is 25.3 Å². The van der Waals surface area contributed by atoms with Crippen LogP contribution in [0.4, 0.5) is 4.39 Å². The second kappa shape index (κ2) is 10.1. The van der Waals surface area contributed by atoms with Crippen molar-refractivity contribution in [1.29, 1.82) is 0 Å². The summed E-state index contributed by atoms with van der Waals surface area (Å²) < 4.78 is 17.5. The van der Waals surface area contributed by atoms with Gasteiger partial charge in [0, 0.05) is 19.8 Å². The number of hydrogen-bond donors (Lipinski definition) is 3. The van der Waals surface area contributed by atoms with Gasteiger partial charge in [-0.25, -0.2) is 4.39 Å². The number of rotatable bonds is 9. The zero-order valence-electron chi connectivity index (χ0n) is 14.6. The maximum Gasteiger partial charge on any atom is 0.305 e. The molecule has 0 aromatic heterocycles. The molecule has 0 heterocycles. The Kier molecular flexibility index (Phi) is 8.20. The van der Waals surface area contributed by atoms with Crippen molar-refractivity contribution in [2.75, 3.05) is 7.11 Å². The molecule has 0 unspecified atom stereocenters. The zero-order valence-corrected chi connectivity index (χ0v) is 14.6. The van der Waals surface area contributed by atoms with Crippen LogP contribution >= 0.6 is 0 Å². The Morgan fingerprint density at radius 3 is 2.23 bits per heavy atom. The van der Waals surface area contributed by atoms with E-state index >= 15 is 0 Å². The summed E-state index contributed by atoms with van der Waals surface area (Å²) in [4.78, 5) is 46.5. The highest BCUT2D eigenvalue weighted by molar-refractivity contribution is 5.91. The highest BCUT2D eigenvalue weighted by Gasteiger charge is 2.25. The minimum Gasteiger partial charge on any atom is -0.469 e. The number of carbonyl (C=O) groups is 4. The number of amides is 3. The minimum absolute atomic E-state index is 0.0307. The Balaban J connectivity index is 2.81. The SMILES string of the molecule is COC(=O)CC[C@H](NC(=O)[C@H](Cc1ccc(F)cc1)NC(C)=O)C(N)=O. The van der Waals surface area contributed by atoms with E-state index in [1.807, 2.05) is 0 Å². The van der Waals surface area contributed by atoms with Crippen LogP contribution in [0.2, 0.25) is 0 Å². The molecule has 0 saturated carbocycles. The monoisotopic (exact) mass is 367 g/mol. The number of carbonyl (C=O) groups excluding carboxylic acids is 4. The van der Waals surface area contributed by atoms with Crippen molar-refractivity contribution < 1.29 is 28.3 Å². The molecule has 2 atom stereocenters. The molecule has 8 nitrogen and oxygen atoms in total. The first kappa shape index (κ1) is 21.1. The van der Waals surface area contributed by atoms with E-state index in [1.54, 1.807) is 0 Å². The second-order valence-corrected chi connectivity index (χ2v) is 5.66. The molecular formula is C17H22FN3O5. The van der Waals surface area contributed by atoms with Gasteiger partial charge in [-0.15, -0.1) is 0 Å². The third-order valence-electron chi connectivity index (χ3n) is 3.57. The predicted octanol–water partition coefficient (Wildman–Crippen LogP) is -0.204.